The zero-order valence-electron chi connectivity index (χ0n) is 10.2. The smallest absolute Gasteiger partial charge is 0.224 e. The molecule has 1 aromatic heterocycles. The van der Waals surface area contributed by atoms with E-state index in [1.807, 2.05) is 32.1 Å². The normalized spacial score (nSPS) is 10.4. The van der Waals surface area contributed by atoms with Crippen LogP contribution in [0.1, 0.15) is 18.9 Å². The molecule has 90 valence electrons. The average molecular weight is 224 g/mol. The number of aromatic nitrogens is 2. The van der Waals surface area contributed by atoms with Gasteiger partial charge in [0.05, 0.1) is 6.20 Å². The van der Waals surface area contributed by atoms with E-state index in [1.165, 1.54) is 0 Å². The summed E-state index contributed by atoms with van der Waals surface area (Å²) in [6, 6.07) is 0. The number of amides is 1. The molecule has 0 aliphatic carbocycles. The molecule has 0 atom stereocenters. The van der Waals surface area contributed by atoms with Crippen molar-refractivity contribution in [3.63, 3.8) is 0 Å². The number of aryl methyl sites for hydroxylation is 1. The van der Waals surface area contributed by atoms with Gasteiger partial charge < -0.3 is 10.2 Å². The molecule has 0 aliphatic rings. The van der Waals surface area contributed by atoms with E-state index in [4.69, 9.17) is 0 Å². The Kier molecular flexibility index (Phi) is 4.98. The average Bonchev–Trinajstić information content (AvgIpc) is 2.68. The van der Waals surface area contributed by atoms with E-state index in [9.17, 15) is 4.79 Å². The first-order chi connectivity index (χ1) is 7.67. The Balaban J connectivity index is 2.51. The van der Waals surface area contributed by atoms with E-state index in [2.05, 4.69) is 10.4 Å². The van der Waals surface area contributed by atoms with Crippen molar-refractivity contribution < 1.29 is 4.79 Å². The summed E-state index contributed by atoms with van der Waals surface area (Å²) in [5.74, 6) is 0.181. The number of hydrogen-bond donors (Lipinski definition) is 1. The molecule has 5 nitrogen and oxygen atoms in total. The van der Waals surface area contributed by atoms with E-state index in [0.717, 1.165) is 18.7 Å². The highest BCUT2D eigenvalue weighted by Gasteiger charge is 2.11. The molecular formula is C11H20N4O. The van der Waals surface area contributed by atoms with E-state index in [0.29, 0.717) is 13.0 Å². The fourth-order valence-corrected chi connectivity index (χ4v) is 1.54. The summed E-state index contributed by atoms with van der Waals surface area (Å²) in [6.07, 6.45) is 4.28. The van der Waals surface area contributed by atoms with Gasteiger partial charge in [-0.2, -0.15) is 5.10 Å². The molecule has 1 rings (SSSR count). The summed E-state index contributed by atoms with van der Waals surface area (Å²) in [7, 11) is 3.73. The molecule has 1 N–H and O–H groups in total. The maximum absolute atomic E-state index is 11.8. The topological polar surface area (TPSA) is 50.2 Å². The SMILES string of the molecule is CCN(Cc1cnn(C)c1)C(=O)CCNC. The van der Waals surface area contributed by atoms with Crippen LogP contribution in [0.4, 0.5) is 0 Å². The van der Waals surface area contributed by atoms with Crippen LogP contribution in [0.25, 0.3) is 0 Å². The van der Waals surface area contributed by atoms with Crippen LogP contribution in [-0.2, 0) is 18.4 Å². The van der Waals surface area contributed by atoms with Gasteiger partial charge in [-0.05, 0) is 14.0 Å². The molecule has 0 aromatic carbocycles. The predicted octanol–water partition coefficient (Wildman–Crippen LogP) is 0.378. The standard InChI is InChI=1S/C11H20N4O/c1-4-15(11(16)5-6-12-2)9-10-7-13-14(3)8-10/h7-8,12H,4-6,9H2,1-3H3. The summed E-state index contributed by atoms with van der Waals surface area (Å²) in [4.78, 5) is 13.6. The second-order valence-corrected chi connectivity index (χ2v) is 3.78. The van der Waals surface area contributed by atoms with E-state index < -0.39 is 0 Å². The van der Waals surface area contributed by atoms with Crippen LogP contribution in [-0.4, -0.2) is 40.7 Å². The third-order valence-electron chi connectivity index (χ3n) is 2.46. The van der Waals surface area contributed by atoms with E-state index in [1.54, 1.807) is 10.9 Å². The largest absolute Gasteiger partial charge is 0.338 e. The van der Waals surface area contributed by atoms with Gasteiger partial charge in [0.1, 0.15) is 0 Å². The minimum Gasteiger partial charge on any atom is -0.338 e. The fraction of sp³-hybridized carbons (Fsp3) is 0.636. The summed E-state index contributed by atoms with van der Waals surface area (Å²) in [6.45, 7) is 4.10. The number of nitrogens with zero attached hydrogens (tertiary/aromatic N) is 3. The minimum absolute atomic E-state index is 0.181. The summed E-state index contributed by atoms with van der Waals surface area (Å²) in [5.41, 5.74) is 1.07. The Hall–Kier alpha value is -1.36. The first-order valence-corrected chi connectivity index (χ1v) is 5.57. The van der Waals surface area contributed by atoms with E-state index in [-0.39, 0.29) is 5.91 Å². The third kappa shape index (κ3) is 3.66. The molecule has 0 fully saturated rings. The molecule has 0 radical (unpaired) electrons. The first kappa shape index (κ1) is 12.7. The molecule has 1 aromatic rings. The number of nitrogens with one attached hydrogen (secondary N) is 1. The number of hydrogen-bond acceptors (Lipinski definition) is 3. The highest BCUT2D eigenvalue weighted by atomic mass is 16.2. The van der Waals surface area contributed by atoms with Gasteiger partial charge in [-0.3, -0.25) is 9.48 Å². The maximum Gasteiger partial charge on any atom is 0.224 e. The lowest BCUT2D eigenvalue weighted by Crippen LogP contribution is -2.32. The van der Waals surface area contributed by atoms with Gasteiger partial charge >= 0.3 is 0 Å². The van der Waals surface area contributed by atoms with Gasteiger partial charge in [0, 0.05) is 44.9 Å². The van der Waals surface area contributed by atoms with Gasteiger partial charge in [0.2, 0.25) is 5.91 Å². The molecule has 0 saturated carbocycles. The molecule has 0 aliphatic heterocycles. The molecule has 0 saturated heterocycles. The van der Waals surface area contributed by atoms with Crippen LogP contribution >= 0.6 is 0 Å². The lowest BCUT2D eigenvalue weighted by atomic mass is 10.3. The molecule has 1 amide bonds. The molecule has 0 spiro atoms. The van der Waals surface area contributed by atoms with Crippen LogP contribution in [0.2, 0.25) is 0 Å². The Labute approximate surface area is 96.4 Å². The van der Waals surface area contributed by atoms with Crippen molar-refractivity contribution in [2.75, 3.05) is 20.1 Å². The van der Waals surface area contributed by atoms with Crippen molar-refractivity contribution in [3.05, 3.63) is 18.0 Å². The lowest BCUT2D eigenvalue weighted by molar-refractivity contribution is -0.131. The number of rotatable bonds is 6. The van der Waals surface area contributed by atoms with Crippen LogP contribution < -0.4 is 5.32 Å². The third-order valence-corrected chi connectivity index (χ3v) is 2.46. The van der Waals surface area contributed by atoms with Crippen LogP contribution in [0, 0.1) is 0 Å². The molecule has 1 heterocycles. The monoisotopic (exact) mass is 224 g/mol. The van der Waals surface area contributed by atoms with Crippen molar-refractivity contribution in [2.45, 2.75) is 19.9 Å². The summed E-state index contributed by atoms with van der Waals surface area (Å²) < 4.78 is 1.75. The Morgan fingerprint density at radius 1 is 1.62 bits per heavy atom. The maximum atomic E-state index is 11.8. The van der Waals surface area contributed by atoms with Crippen LogP contribution in [0.15, 0.2) is 12.4 Å². The summed E-state index contributed by atoms with van der Waals surface area (Å²) >= 11 is 0. The molecule has 0 unspecified atom stereocenters. The van der Waals surface area contributed by atoms with Gasteiger partial charge in [0.25, 0.3) is 0 Å². The summed E-state index contributed by atoms with van der Waals surface area (Å²) in [5, 5.41) is 7.07. The van der Waals surface area contributed by atoms with E-state index >= 15 is 0 Å². The zero-order valence-corrected chi connectivity index (χ0v) is 10.2. The Bertz CT molecular complexity index is 334. The second-order valence-electron chi connectivity index (χ2n) is 3.78. The van der Waals surface area contributed by atoms with Crippen LogP contribution in [0.5, 0.6) is 0 Å². The Morgan fingerprint density at radius 2 is 2.38 bits per heavy atom. The zero-order chi connectivity index (χ0) is 12.0. The second kappa shape index (κ2) is 6.27. The molecular weight excluding hydrogens is 204 g/mol. The van der Waals surface area contributed by atoms with Crippen molar-refractivity contribution >= 4 is 5.91 Å². The highest BCUT2D eigenvalue weighted by molar-refractivity contribution is 5.76. The quantitative estimate of drug-likeness (QED) is 0.760. The van der Waals surface area contributed by atoms with Gasteiger partial charge in [-0.25, -0.2) is 0 Å². The number of carbonyl (C=O) groups is 1. The highest BCUT2D eigenvalue weighted by Crippen LogP contribution is 2.04. The molecule has 0 bridgehead atoms. The first-order valence-electron chi connectivity index (χ1n) is 5.57. The lowest BCUT2D eigenvalue weighted by Gasteiger charge is -2.20. The van der Waals surface area contributed by atoms with Gasteiger partial charge in [-0.15, -0.1) is 0 Å². The number of carbonyl (C=O) groups excluding carboxylic acids is 1. The molecule has 5 heteroatoms. The fourth-order valence-electron chi connectivity index (χ4n) is 1.54. The van der Waals surface area contributed by atoms with Crippen molar-refractivity contribution in [2.24, 2.45) is 7.05 Å². The van der Waals surface area contributed by atoms with Crippen LogP contribution in [0.3, 0.4) is 0 Å². The van der Waals surface area contributed by atoms with Gasteiger partial charge in [-0.1, -0.05) is 0 Å². The van der Waals surface area contributed by atoms with Crippen molar-refractivity contribution in [3.8, 4) is 0 Å². The van der Waals surface area contributed by atoms with Gasteiger partial charge in [0.15, 0.2) is 0 Å². The molecule has 16 heavy (non-hydrogen) atoms. The van der Waals surface area contributed by atoms with Crippen molar-refractivity contribution in [1.29, 1.82) is 0 Å². The Morgan fingerprint density at radius 3 is 2.88 bits per heavy atom. The predicted molar refractivity (Wildman–Crippen MR) is 62.8 cm³/mol. The van der Waals surface area contributed by atoms with Crippen molar-refractivity contribution in [1.82, 2.24) is 20.0 Å². The minimum atomic E-state index is 0.181.